The summed E-state index contributed by atoms with van der Waals surface area (Å²) in [5.41, 5.74) is 3.38. The molecule has 3 rings (SSSR count). The number of amides is 1. The minimum Gasteiger partial charge on any atom is -0.497 e. The average Bonchev–Trinajstić information content (AvgIpc) is 2.68. The van der Waals surface area contributed by atoms with Gasteiger partial charge in [0, 0.05) is 16.3 Å². The lowest BCUT2D eigenvalue weighted by Gasteiger charge is -2.11. The van der Waals surface area contributed by atoms with Crippen LogP contribution >= 0.6 is 23.8 Å². The van der Waals surface area contributed by atoms with E-state index >= 15 is 0 Å². The molecule has 3 aromatic carbocycles. The molecule has 0 atom stereocenters. The number of methoxy groups -OCH3 is 1. The summed E-state index contributed by atoms with van der Waals surface area (Å²) in [5, 5.41) is 6.36. The third kappa shape index (κ3) is 5.06. The smallest absolute Gasteiger partial charge is 0.257 e. The molecule has 2 N–H and O–H groups in total. The Bertz CT molecular complexity index is 957. The number of halogens is 1. The van der Waals surface area contributed by atoms with Gasteiger partial charge in [-0.2, -0.15) is 0 Å². The second-order valence-corrected chi connectivity index (χ2v) is 6.57. The Hall–Kier alpha value is -2.89. The van der Waals surface area contributed by atoms with Crippen LogP contribution in [-0.4, -0.2) is 18.1 Å². The predicted octanol–water partition coefficient (Wildman–Crippen LogP) is 5.14. The summed E-state index contributed by atoms with van der Waals surface area (Å²) in [5.74, 6) is 0.502. The number of benzene rings is 3. The summed E-state index contributed by atoms with van der Waals surface area (Å²) in [6.07, 6.45) is 0. The number of carbonyl (C=O) groups excluding carboxylic acids is 1. The maximum absolute atomic E-state index is 12.2. The molecule has 0 aliphatic carbocycles. The largest absolute Gasteiger partial charge is 0.497 e. The van der Waals surface area contributed by atoms with Crippen LogP contribution in [0.2, 0.25) is 5.02 Å². The second-order valence-electron chi connectivity index (χ2n) is 5.72. The van der Waals surface area contributed by atoms with Crippen molar-refractivity contribution in [3.05, 3.63) is 83.4 Å². The number of carbonyl (C=O) groups is 1. The minimum atomic E-state index is -0.315. The van der Waals surface area contributed by atoms with Crippen molar-refractivity contribution in [3.63, 3.8) is 0 Å². The highest BCUT2D eigenvalue weighted by Crippen LogP contribution is 2.23. The van der Waals surface area contributed by atoms with E-state index in [-0.39, 0.29) is 11.0 Å². The summed E-state index contributed by atoms with van der Waals surface area (Å²) < 4.78 is 5.17. The lowest BCUT2D eigenvalue weighted by molar-refractivity contribution is 0.0977. The molecular formula is C21H17ClN2O2S. The fraction of sp³-hybridized carbons (Fsp3) is 0.0476. The summed E-state index contributed by atoms with van der Waals surface area (Å²) >= 11 is 11.1. The molecule has 3 aromatic rings. The van der Waals surface area contributed by atoms with E-state index in [0.29, 0.717) is 10.6 Å². The number of thiocarbonyl (C=S) groups is 1. The first kappa shape index (κ1) is 18.9. The number of ether oxygens (including phenoxy) is 1. The molecule has 6 heteroatoms. The van der Waals surface area contributed by atoms with Crippen LogP contribution in [-0.2, 0) is 0 Å². The van der Waals surface area contributed by atoms with E-state index in [1.807, 2.05) is 48.5 Å². The van der Waals surface area contributed by atoms with E-state index in [2.05, 4.69) is 10.6 Å². The summed E-state index contributed by atoms with van der Waals surface area (Å²) in [6.45, 7) is 0. The molecule has 0 heterocycles. The molecule has 27 heavy (non-hydrogen) atoms. The molecule has 0 radical (unpaired) electrons. The molecular weight excluding hydrogens is 380 g/mol. The molecule has 0 saturated carbocycles. The summed E-state index contributed by atoms with van der Waals surface area (Å²) in [6, 6.07) is 22.3. The predicted molar refractivity (Wildman–Crippen MR) is 114 cm³/mol. The molecule has 0 fully saturated rings. The average molecular weight is 397 g/mol. The maximum atomic E-state index is 12.2. The van der Waals surface area contributed by atoms with Crippen molar-refractivity contribution >= 4 is 40.5 Å². The van der Waals surface area contributed by atoms with Crippen molar-refractivity contribution in [2.45, 2.75) is 0 Å². The van der Waals surface area contributed by atoms with Gasteiger partial charge in [0.05, 0.1) is 7.11 Å². The number of rotatable bonds is 4. The highest BCUT2D eigenvalue weighted by Gasteiger charge is 2.08. The molecule has 0 spiro atoms. The Kier molecular flexibility index (Phi) is 6.06. The van der Waals surface area contributed by atoms with Crippen molar-refractivity contribution < 1.29 is 9.53 Å². The fourth-order valence-corrected chi connectivity index (χ4v) is 2.90. The molecule has 0 aliphatic rings. The molecule has 0 saturated heterocycles. The SMILES string of the molecule is COc1ccc(-c2ccc(NC(=S)NC(=O)c3cccc(Cl)c3)cc2)cc1. The standard InChI is InChI=1S/C21H17ClN2O2S/c1-26-19-11-7-15(8-12-19)14-5-9-18(10-6-14)23-21(27)24-20(25)16-3-2-4-17(22)13-16/h2-13H,1H3,(H2,23,24,25,27). The topological polar surface area (TPSA) is 50.4 Å². The first-order chi connectivity index (χ1) is 13.0. The molecule has 0 aromatic heterocycles. The van der Waals surface area contributed by atoms with E-state index < -0.39 is 0 Å². The van der Waals surface area contributed by atoms with Gasteiger partial charge in [0.15, 0.2) is 5.11 Å². The van der Waals surface area contributed by atoms with Crippen molar-refractivity contribution in [1.82, 2.24) is 5.32 Å². The Labute approximate surface area is 168 Å². The van der Waals surface area contributed by atoms with Gasteiger partial charge in [-0.3, -0.25) is 10.1 Å². The van der Waals surface area contributed by atoms with Gasteiger partial charge in [-0.05, 0) is 65.8 Å². The van der Waals surface area contributed by atoms with Gasteiger partial charge in [-0.1, -0.05) is 41.9 Å². The summed E-state index contributed by atoms with van der Waals surface area (Å²) in [4.78, 5) is 12.2. The van der Waals surface area contributed by atoms with E-state index in [0.717, 1.165) is 22.6 Å². The number of anilines is 1. The van der Waals surface area contributed by atoms with Gasteiger partial charge in [0.1, 0.15) is 5.75 Å². The normalized spacial score (nSPS) is 10.1. The third-order valence-electron chi connectivity index (χ3n) is 3.88. The van der Waals surface area contributed by atoms with Crippen molar-refractivity contribution in [2.24, 2.45) is 0 Å². The van der Waals surface area contributed by atoms with Crippen LogP contribution < -0.4 is 15.4 Å². The first-order valence-corrected chi connectivity index (χ1v) is 8.96. The van der Waals surface area contributed by atoms with Crippen LogP contribution in [0.3, 0.4) is 0 Å². The highest BCUT2D eigenvalue weighted by atomic mass is 35.5. The van der Waals surface area contributed by atoms with E-state index in [9.17, 15) is 4.79 Å². The van der Waals surface area contributed by atoms with Gasteiger partial charge in [-0.15, -0.1) is 0 Å². The molecule has 1 amide bonds. The highest BCUT2D eigenvalue weighted by molar-refractivity contribution is 7.80. The lowest BCUT2D eigenvalue weighted by atomic mass is 10.1. The minimum absolute atomic E-state index is 0.220. The molecule has 136 valence electrons. The summed E-state index contributed by atoms with van der Waals surface area (Å²) in [7, 11) is 1.64. The van der Waals surface area contributed by atoms with Crippen molar-refractivity contribution in [2.75, 3.05) is 12.4 Å². The fourth-order valence-electron chi connectivity index (χ4n) is 2.50. The van der Waals surface area contributed by atoms with Gasteiger partial charge in [0.2, 0.25) is 0 Å². The van der Waals surface area contributed by atoms with Crippen LogP contribution in [0.25, 0.3) is 11.1 Å². The third-order valence-corrected chi connectivity index (χ3v) is 4.32. The number of hydrogen-bond donors (Lipinski definition) is 2. The number of nitrogens with one attached hydrogen (secondary N) is 2. The monoisotopic (exact) mass is 396 g/mol. The van der Waals surface area contributed by atoms with Crippen LogP contribution in [0.4, 0.5) is 5.69 Å². The Balaban J connectivity index is 1.62. The van der Waals surface area contributed by atoms with E-state index in [4.69, 9.17) is 28.6 Å². The molecule has 0 bridgehead atoms. The zero-order valence-electron chi connectivity index (χ0n) is 14.5. The quantitative estimate of drug-likeness (QED) is 0.599. The van der Waals surface area contributed by atoms with Crippen LogP contribution in [0.15, 0.2) is 72.8 Å². The second kappa shape index (κ2) is 8.66. The van der Waals surface area contributed by atoms with Crippen LogP contribution in [0, 0.1) is 0 Å². The van der Waals surface area contributed by atoms with Crippen LogP contribution in [0.1, 0.15) is 10.4 Å². The molecule has 0 unspecified atom stereocenters. The van der Waals surface area contributed by atoms with Crippen molar-refractivity contribution in [3.8, 4) is 16.9 Å². The zero-order valence-corrected chi connectivity index (χ0v) is 16.1. The van der Waals surface area contributed by atoms with Gasteiger partial charge in [0.25, 0.3) is 5.91 Å². The Morgan fingerprint density at radius 3 is 2.19 bits per heavy atom. The van der Waals surface area contributed by atoms with Gasteiger partial charge < -0.3 is 10.1 Å². The lowest BCUT2D eigenvalue weighted by Crippen LogP contribution is -2.34. The molecule has 0 aliphatic heterocycles. The van der Waals surface area contributed by atoms with Gasteiger partial charge in [-0.25, -0.2) is 0 Å². The maximum Gasteiger partial charge on any atom is 0.257 e. The zero-order chi connectivity index (χ0) is 19.2. The van der Waals surface area contributed by atoms with Gasteiger partial charge >= 0.3 is 0 Å². The van der Waals surface area contributed by atoms with E-state index in [1.165, 1.54) is 0 Å². The molecule has 4 nitrogen and oxygen atoms in total. The Morgan fingerprint density at radius 2 is 1.59 bits per heavy atom. The van der Waals surface area contributed by atoms with E-state index in [1.54, 1.807) is 31.4 Å². The van der Waals surface area contributed by atoms with Crippen LogP contribution in [0.5, 0.6) is 5.75 Å². The Morgan fingerprint density at radius 1 is 0.963 bits per heavy atom. The first-order valence-electron chi connectivity index (χ1n) is 8.17. The number of hydrogen-bond acceptors (Lipinski definition) is 3. The van der Waals surface area contributed by atoms with Crippen molar-refractivity contribution in [1.29, 1.82) is 0 Å².